The zero-order valence-electron chi connectivity index (χ0n) is 11.7. The summed E-state index contributed by atoms with van der Waals surface area (Å²) in [4.78, 5) is 24.2. The molecule has 0 aliphatic carbocycles. The lowest BCUT2D eigenvalue weighted by molar-refractivity contribution is -0.144. The van der Waals surface area contributed by atoms with Gasteiger partial charge in [0.05, 0.1) is 12.8 Å². The van der Waals surface area contributed by atoms with Gasteiger partial charge in [0.2, 0.25) is 0 Å². The fraction of sp³-hybridized carbons (Fsp3) is 0.188. The molecule has 1 atom stereocenters. The van der Waals surface area contributed by atoms with E-state index < -0.39 is 17.6 Å². The summed E-state index contributed by atoms with van der Waals surface area (Å²) in [7, 11) is 1.26. The van der Waals surface area contributed by atoms with Gasteiger partial charge >= 0.3 is 5.97 Å². The first kappa shape index (κ1) is 14.5. The van der Waals surface area contributed by atoms with E-state index in [4.69, 9.17) is 10.00 Å². The van der Waals surface area contributed by atoms with E-state index in [1.807, 2.05) is 36.4 Å². The molecule has 1 aromatic heterocycles. The number of carbonyl (C=O) groups excluding carboxylic acids is 1. The summed E-state index contributed by atoms with van der Waals surface area (Å²) in [5, 5.41) is 9.00. The largest absolute Gasteiger partial charge is 0.467 e. The summed E-state index contributed by atoms with van der Waals surface area (Å²) < 4.78 is 6.00. The normalized spacial score (nSPS) is 11.5. The molecular weight excluding hydrogens is 268 g/mol. The molecule has 5 nitrogen and oxygen atoms in total. The quantitative estimate of drug-likeness (QED) is 0.808. The molecule has 0 saturated heterocycles. The monoisotopic (exact) mass is 282 g/mol. The van der Waals surface area contributed by atoms with Crippen molar-refractivity contribution in [3.05, 3.63) is 58.4 Å². The Morgan fingerprint density at radius 2 is 1.90 bits per heavy atom. The fourth-order valence-electron chi connectivity index (χ4n) is 2.14. The van der Waals surface area contributed by atoms with Crippen LogP contribution in [0.25, 0.3) is 11.3 Å². The van der Waals surface area contributed by atoms with Crippen molar-refractivity contribution in [2.45, 2.75) is 13.0 Å². The van der Waals surface area contributed by atoms with E-state index in [-0.39, 0.29) is 5.56 Å². The summed E-state index contributed by atoms with van der Waals surface area (Å²) in [6.07, 6.45) is 0. The van der Waals surface area contributed by atoms with Crippen LogP contribution in [-0.2, 0) is 9.53 Å². The summed E-state index contributed by atoms with van der Waals surface area (Å²) in [5.41, 5.74) is 0.842. The summed E-state index contributed by atoms with van der Waals surface area (Å²) in [6, 6.07) is 13.4. The highest BCUT2D eigenvalue weighted by Crippen LogP contribution is 2.21. The van der Waals surface area contributed by atoms with E-state index in [1.54, 1.807) is 13.0 Å². The average molecular weight is 282 g/mol. The van der Waals surface area contributed by atoms with Gasteiger partial charge in [0.1, 0.15) is 17.7 Å². The van der Waals surface area contributed by atoms with Gasteiger partial charge in [-0.05, 0) is 24.6 Å². The molecule has 1 aromatic carbocycles. The van der Waals surface area contributed by atoms with Crippen LogP contribution in [0.1, 0.15) is 18.5 Å². The summed E-state index contributed by atoms with van der Waals surface area (Å²) >= 11 is 0. The van der Waals surface area contributed by atoms with Crippen molar-refractivity contribution in [1.29, 1.82) is 5.26 Å². The highest BCUT2D eigenvalue weighted by molar-refractivity contribution is 5.75. The number of ether oxygens (including phenoxy) is 1. The third kappa shape index (κ3) is 2.70. The van der Waals surface area contributed by atoms with Crippen LogP contribution in [0.3, 0.4) is 0 Å². The van der Waals surface area contributed by atoms with Gasteiger partial charge in [-0.15, -0.1) is 0 Å². The third-order valence-corrected chi connectivity index (χ3v) is 3.24. The average Bonchev–Trinajstić information content (AvgIpc) is 2.54. The van der Waals surface area contributed by atoms with Gasteiger partial charge in [0.25, 0.3) is 5.56 Å². The fourth-order valence-corrected chi connectivity index (χ4v) is 2.14. The number of benzene rings is 1. The lowest BCUT2D eigenvalue weighted by atomic mass is 10.1. The topological polar surface area (TPSA) is 72.1 Å². The molecule has 0 saturated carbocycles. The number of pyridine rings is 1. The van der Waals surface area contributed by atoms with E-state index in [1.165, 1.54) is 17.7 Å². The Hall–Kier alpha value is -2.87. The van der Waals surface area contributed by atoms with Gasteiger partial charge in [0, 0.05) is 0 Å². The van der Waals surface area contributed by atoms with E-state index in [0.717, 1.165) is 5.56 Å². The lowest BCUT2D eigenvalue weighted by Crippen LogP contribution is -2.31. The Morgan fingerprint density at radius 3 is 2.48 bits per heavy atom. The van der Waals surface area contributed by atoms with E-state index in [9.17, 15) is 9.59 Å². The number of rotatable bonds is 3. The molecule has 21 heavy (non-hydrogen) atoms. The Balaban J connectivity index is 2.73. The SMILES string of the molecule is COC(=O)C(C)n1c(-c2ccccc2)ccc(C#N)c1=O. The van der Waals surface area contributed by atoms with Crippen molar-refractivity contribution in [2.75, 3.05) is 7.11 Å². The second kappa shape index (κ2) is 6.06. The summed E-state index contributed by atoms with van der Waals surface area (Å²) in [6.45, 7) is 1.57. The van der Waals surface area contributed by atoms with Gasteiger partial charge in [-0.25, -0.2) is 4.79 Å². The van der Waals surface area contributed by atoms with Crippen molar-refractivity contribution < 1.29 is 9.53 Å². The zero-order chi connectivity index (χ0) is 15.4. The molecule has 2 aromatic rings. The van der Waals surface area contributed by atoms with Gasteiger partial charge in [-0.3, -0.25) is 9.36 Å². The Labute approximate surface area is 122 Å². The lowest BCUT2D eigenvalue weighted by Gasteiger charge is -2.18. The van der Waals surface area contributed by atoms with Gasteiger partial charge < -0.3 is 4.74 Å². The van der Waals surface area contributed by atoms with Crippen LogP contribution in [0.2, 0.25) is 0 Å². The zero-order valence-corrected chi connectivity index (χ0v) is 11.7. The van der Waals surface area contributed by atoms with Crippen LogP contribution in [0.5, 0.6) is 0 Å². The molecule has 0 bridgehead atoms. The molecule has 1 heterocycles. The Kier molecular flexibility index (Phi) is 4.19. The number of nitrogens with zero attached hydrogens (tertiary/aromatic N) is 2. The minimum atomic E-state index is -0.814. The molecule has 0 radical (unpaired) electrons. The van der Waals surface area contributed by atoms with Crippen LogP contribution in [0.4, 0.5) is 0 Å². The van der Waals surface area contributed by atoms with Gasteiger partial charge in [-0.1, -0.05) is 30.3 Å². The van der Waals surface area contributed by atoms with E-state index in [0.29, 0.717) is 5.69 Å². The van der Waals surface area contributed by atoms with Crippen LogP contribution >= 0.6 is 0 Å². The molecular formula is C16H14N2O3. The van der Waals surface area contributed by atoms with E-state index >= 15 is 0 Å². The predicted molar refractivity (Wildman–Crippen MR) is 77.6 cm³/mol. The molecule has 0 N–H and O–H groups in total. The standard InChI is InChI=1S/C16H14N2O3/c1-11(16(20)21-2)18-14(12-6-4-3-5-7-12)9-8-13(10-17)15(18)19/h3-9,11H,1-2H3. The highest BCUT2D eigenvalue weighted by Gasteiger charge is 2.21. The van der Waals surface area contributed by atoms with Crippen LogP contribution < -0.4 is 5.56 Å². The minimum absolute atomic E-state index is 0.00886. The predicted octanol–water partition coefficient (Wildman–Crippen LogP) is 2.12. The maximum absolute atomic E-state index is 12.4. The number of esters is 1. The Bertz CT molecular complexity index is 757. The minimum Gasteiger partial charge on any atom is -0.467 e. The van der Waals surface area contributed by atoms with Crippen LogP contribution in [-0.4, -0.2) is 17.6 Å². The van der Waals surface area contributed by atoms with Crippen molar-refractivity contribution in [3.63, 3.8) is 0 Å². The molecule has 2 rings (SSSR count). The first-order valence-electron chi connectivity index (χ1n) is 6.39. The molecule has 5 heteroatoms. The second-order valence-electron chi connectivity index (χ2n) is 4.48. The molecule has 0 aliphatic heterocycles. The molecule has 0 fully saturated rings. The van der Waals surface area contributed by atoms with Crippen LogP contribution in [0, 0.1) is 11.3 Å². The molecule has 1 unspecified atom stereocenters. The van der Waals surface area contributed by atoms with Crippen molar-refractivity contribution in [2.24, 2.45) is 0 Å². The number of aromatic nitrogens is 1. The van der Waals surface area contributed by atoms with Gasteiger partial charge in [-0.2, -0.15) is 5.26 Å². The smallest absolute Gasteiger partial charge is 0.328 e. The number of hydrogen-bond donors (Lipinski definition) is 0. The van der Waals surface area contributed by atoms with Crippen LogP contribution in [0.15, 0.2) is 47.3 Å². The van der Waals surface area contributed by atoms with Crippen molar-refractivity contribution in [1.82, 2.24) is 4.57 Å². The number of hydrogen-bond acceptors (Lipinski definition) is 4. The molecule has 0 spiro atoms. The number of methoxy groups -OCH3 is 1. The molecule has 0 amide bonds. The first-order valence-corrected chi connectivity index (χ1v) is 6.39. The van der Waals surface area contributed by atoms with Gasteiger partial charge in [0.15, 0.2) is 0 Å². The number of carbonyl (C=O) groups is 1. The second-order valence-corrected chi connectivity index (χ2v) is 4.48. The van der Waals surface area contributed by atoms with Crippen molar-refractivity contribution >= 4 is 5.97 Å². The third-order valence-electron chi connectivity index (χ3n) is 3.24. The molecule has 0 aliphatic rings. The maximum atomic E-state index is 12.4. The maximum Gasteiger partial charge on any atom is 0.328 e. The van der Waals surface area contributed by atoms with Crippen molar-refractivity contribution in [3.8, 4) is 17.3 Å². The Morgan fingerprint density at radius 1 is 1.24 bits per heavy atom. The highest BCUT2D eigenvalue weighted by atomic mass is 16.5. The molecule has 106 valence electrons. The summed E-state index contributed by atoms with van der Waals surface area (Å²) in [5.74, 6) is -0.538. The first-order chi connectivity index (χ1) is 10.1. The van der Waals surface area contributed by atoms with E-state index in [2.05, 4.69) is 0 Å². The number of nitriles is 1.